The van der Waals surface area contributed by atoms with E-state index in [0.29, 0.717) is 0 Å². The van der Waals surface area contributed by atoms with Crippen LogP contribution in [0.15, 0.2) is 18.2 Å². The molecular formula is C16H24BN2O. The van der Waals surface area contributed by atoms with Crippen LogP contribution in [-0.2, 0) is 11.7 Å². The van der Waals surface area contributed by atoms with Crippen LogP contribution in [0, 0.1) is 12.3 Å². The van der Waals surface area contributed by atoms with Gasteiger partial charge in [0.25, 0.3) is 0 Å². The first kappa shape index (κ1) is 15.1. The van der Waals surface area contributed by atoms with Gasteiger partial charge in [0.1, 0.15) is 0 Å². The zero-order valence-corrected chi connectivity index (χ0v) is 13.6. The van der Waals surface area contributed by atoms with Crippen molar-refractivity contribution >= 4 is 23.8 Å². The SMILES string of the molecule is Cc1nn(C)c2cc([B]OC(C)(C)C(C)(C)C)ccc12. The minimum absolute atomic E-state index is 0.0801. The fourth-order valence-corrected chi connectivity index (χ4v) is 1.92. The standard InChI is InChI=1S/C16H24BN2O/c1-11-13-9-8-12(10-14(13)19(7)18-11)17-20-16(5,6)15(2,3)4/h8-10H,1-7H3. The fourth-order valence-electron chi connectivity index (χ4n) is 1.92. The van der Waals surface area contributed by atoms with Crippen LogP contribution >= 0.6 is 0 Å². The monoisotopic (exact) mass is 271 g/mol. The van der Waals surface area contributed by atoms with Crippen molar-refractivity contribution < 1.29 is 4.65 Å². The average molecular weight is 271 g/mol. The molecule has 4 heteroatoms. The van der Waals surface area contributed by atoms with Crippen LogP contribution in [0.25, 0.3) is 10.9 Å². The molecule has 1 aromatic heterocycles. The third-order valence-electron chi connectivity index (χ3n) is 4.36. The number of hydrogen-bond acceptors (Lipinski definition) is 2. The van der Waals surface area contributed by atoms with E-state index < -0.39 is 0 Å². The molecule has 0 N–H and O–H groups in total. The third-order valence-corrected chi connectivity index (χ3v) is 4.36. The van der Waals surface area contributed by atoms with E-state index in [-0.39, 0.29) is 11.0 Å². The van der Waals surface area contributed by atoms with E-state index >= 15 is 0 Å². The zero-order chi connectivity index (χ0) is 15.1. The lowest BCUT2D eigenvalue weighted by Crippen LogP contribution is -2.42. The van der Waals surface area contributed by atoms with Gasteiger partial charge >= 0.3 is 7.48 Å². The van der Waals surface area contributed by atoms with Crippen LogP contribution in [0.3, 0.4) is 0 Å². The van der Waals surface area contributed by atoms with E-state index in [1.807, 2.05) is 26.1 Å². The summed E-state index contributed by atoms with van der Waals surface area (Å²) in [4.78, 5) is 0. The lowest BCUT2D eigenvalue weighted by molar-refractivity contribution is 0.00504. The highest BCUT2D eigenvalue weighted by atomic mass is 16.5. The molecule has 0 bridgehead atoms. The van der Waals surface area contributed by atoms with E-state index in [4.69, 9.17) is 4.65 Å². The Morgan fingerprint density at radius 1 is 1.15 bits per heavy atom. The molecule has 1 radical (unpaired) electrons. The fraction of sp³-hybridized carbons (Fsp3) is 0.562. The largest absolute Gasteiger partial charge is 0.429 e. The van der Waals surface area contributed by atoms with Gasteiger partial charge in [-0.25, -0.2) is 0 Å². The van der Waals surface area contributed by atoms with Gasteiger partial charge in [0.2, 0.25) is 0 Å². The van der Waals surface area contributed by atoms with E-state index in [9.17, 15) is 0 Å². The third kappa shape index (κ3) is 2.75. The molecular weight excluding hydrogens is 247 g/mol. The Labute approximate surface area is 122 Å². The van der Waals surface area contributed by atoms with Gasteiger partial charge in [-0.05, 0) is 32.3 Å². The first-order valence-electron chi connectivity index (χ1n) is 7.06. The summed E-state index contributed by atoms with van der Waals surface area (Å²) in [6, 6.07) is 6.31. The number of benzene rings is 1. The van der Waals surface area contributed by atoms with Crippen molar-refractivity contribution in [2.75, 3.05) is 0 Å². The van der Waals surface area contributed by atoms with Crippen LogP contribution in [0.2, 0.25) is 0 Å². The van der Waals surface area contributed by atoms with E-state index in [2.05, 4.69) is 57.9 Å². The van der Waals surface area contributed by atoms with Gasteiger partial charge in [-0.15, -0.1) is 0 Å². The quantitative estimate of drug-likeness (QED) is 0.802. The highest BCUT2D eigenvalue weighted by Gasteiger charge is 2.33. The van der Waals surface area contributed by atoms with Crippen LogP contribution < -0.4 is 5.46 Å². The second-order valence-corrected chi connectivity index (χ2v) is 6.98. The molecule has 0 unspecified atom stereocenters. The predicted molar refractivity (Wildman–Crippen MR) is 85.5 cm³/mol. The van der Waals surface area contributed by atoms with Crippen LogP contribution in [-0.4, -0.2) is 22.9 Å². The maximum atomic E-state index is 6.02. The Morgan fingerprint density at radius 3 is 2.40 bits per heavy atom. The summed E-state index contributed by atoms with van der Waals surface area (Å²) >= 11 is 0. The molecule has 2 aromatic rings. The lowest BCUT2D eigenvalue weighted by atomic mass is 9.76. The number of aromatic nitrogens is 2. The maximum Gasteiger partial charge on any atom is 0.330 e. The molecule has 3 nitrogen and oxygen atoms in total. The van der Waals surface area contributed by atoms with Gasteiger partial charge in [-0.1, -0.05) is 38.4 Å². The highest BCUT2D eigenvalue weighted by molar-refractivity contribution is 6.47. The first-order chi connectivity index (χ1) is 9.12. The minimum Gasteiger partial charge on any atom is -0.429 e. The number of fused-ring (bicyclic) bond motifs is 1. The molecule has 107 valence electrons. The van der Waals surface area contributed by atoms with E-state index in [1.165, 1.54) is 5.39 Å². The van der Waals surface area contributed by atoms with Crippen molar-refractivity contribution in [3.63, 3.8) is 0 Å². The summed E-state index contributed by atoms with van der Waals surface area (Å²) in [5.74, 6) is 0. The van der Waals surface area contributed by atoms with Gasteiger partial charge in [0, 0.05) is 12.4 Å². The van der Waals surface area contributed by atoms with Crippen molar-refractivity contribution in [3.8, 4) is 0 Å². The molecule has 0 spiro atoms. The van der Waals surface area contributed by atoms with Crippen molar-refractivity contribution in [1.82, 2.24) is 9.78 Å². The summed E-state index contributed by atoms with van der Waals surface area (Å²) in [7, 11) is 3.83. The first-order valence-corrected chi connectivity index (χ1v) is 7.06. The highest BCUT2D eigenvalue weighted by Crippen LogP contribution is 2.32. The topological polar surface area (TPSA) is 27.1 Å². The molecule has 1 heterocycles. The number of nitrogens with zero attached hydrogens (tertiary/aromatic N) is 2. The predicted octanol–water partition coefficient (Wildman–Crippen LogP) is 2.97. The van der Waals surface area contributed by atoms with Gasteiger partial charge in [-0.2, -0.15) is 5.10 Å². The smallest absolute Gasteiger partial charge is 0.330 e. The second kappa shape index (κ2) is 4.92. The van der Waals surface area contributed by atoms with Gasteiger partial charge in [-0.3, -0.25) is 4.68 Å². The molecule has 0 atom stereocenters. The number of hydrogen-bond donors (Lipinski definition) is 0. The Hall–Kier alpha value is -1.29. The number of rotatable bonds is 3. The van der Waals surface area contributed by atoms with Gasteiger partial charge in [0.15, 0.2) is 0 Å². The summed E-state index contributed by atoms with van der Waals surface area (Å²) in [5, 5.41) is 5.64. The molecule has 0 saturated carbocycles. The van der Waals surface area contributed by atoms with Crippen molar-refractivity contribution in [3.05, 3.63) is 23.9 Å². The van der Waals surface area contributed by atoms with Gasteiger partial charge in [0.05, 0.1) is 16.8 Å². The molecule has 0 aliphatic rings. The zero-order valence-electron chi connectivity index (χ0n) is 13.6. The molecule has 2 rings (SSSR count). The second-order valence-electron chi connectivity index (χ2n) is 6.98. The molecule has 0 aliphatic carbocycles. The summed E-state index contributed by atoms with van der Waals surface area (Å²) in [6.07, 6.45) is 0. The van der Waals surface area contributed by atoms with E-state index in [0.717, 1.165) is 16.7 Å². The molecule has 0 aliphatic heterocycles. The summed E-state index contributed by atoms with van der Waals surface area (Å²) in [6.45, 7) is 12.8. The Kier molecular flexibility index (Phi) is 3.72. The van der Waals surface area contributed by atoms with Crippen molar-refractivity contribution in [2.45, 2.75) is 47.1 Å². The Balaban J connectivity index is 2.21. The van der Waals surface area contributed by atoms with Crippen molar-refractivity contribution in [1.29, 1.82) is 0 Å². The Morgan fingerprint density at radius 2 is 1.80 bits per heavy atom. The minimum atomic E-state index is -0.218. The molecule has 20 heavy (non-hydrogen) atoms. The Bertz CT molecular complexity index is 623. The molecule has 1 aromatic carbocycles. The average Bonchev–Trinajstić information content (AvgIpc) is 2.61. The van der Waals surface area contributed by atoms with Crippen LogP contribution in [0.5, 0.6) is 0 Å². The number of aryl methyl sites for hydroxylation is 2. The molecule has 0 fully saturated rings. The normalized spacial score (nSPS) is 12.9. The lowest BCUT2D eigenvalue weighted by Gasteiger charge is -2.39. The van der Waals surface area contributed by atoms with Crippen LogP contribution in [0.1, 0.15) is 40.3 Å². The van der Waals surface area contributed by atoms with Crippen LogP contribution in [0.4, 0.5) is 0 Å². The molecule has 0 amide bonds. The maximum absolute atomic E-state index is 6.02. The summed E-state index contributed by atoms with van der Waals surface area (Å²) in [5.41, 5.74) is 3.12. The van der Waals surface area contributed by atoms with Gasteiger partial charge < -0.3 is 4.65 Å². The van der Waals surface area contributed by atoms with Crippen molar-refractivity contribution in [2.24, 2.45) is 12.5 Å². The van der Waals surface area contributed by atoms with E-state index in [1.54, 1.807) is 0 Å². The molecule has 0 saturated heterocycles. The summed E-state index contributed by atoms with van der Waals surface area (Å²) < 4.78 is 7.93.